The van der Waals surface area contributed by atoms with E-state index in [9.17, 15) is 9.59 Å². The van der Waals surface area contributed by atoms with E-state index in [1.807, 2.05) is 12.1 Å². The number of rotatable bonds is 10. The summed E-state index contributed by atoms with van der Waals surface area (Å²) in [6.07, 6.45) is 0. The lowest BCUT2D eigenvalue weighted by molar-refractivity contribution is -0.131. The number of ether oxygens (including phenoxy) is 4. The Morgan fingerprint density at radius 1 is 0.788 bits per heavy atom. The molecule has 0 aliphatic rings. The summed E-state index contributed by atoms with van der Waals surface area (Å²) in [7, 11) is 3.13. The third-order valence-corrected chi connectivity index (χ3v) is 5.31. The molecular weight excluding hydrogens is 471 g/mol. The number of carbonyl (C=O) groups excluding carboxylic acids is 1. The standard InChI is InChI=1S/C24H20Cl2O7/c1-30-16-7-3-14(4-8-16)12-32-22-19(25)11-18(21(27)24(28)29)20(26)23(22)33-13-15-5-9-17(31-2)10-6-15/h3-11H,12-13H2,1-2H3,(H,28,29). The van der Waals surface area contributed by atoms with Crippen LogP contribution in [-0.2, 0) is 18.0 Å². The van der Waals surface area contributed by atoms with Crippen molar-refractivity contribution in [1.82, 2.24) is 0 Å². The summed E-state index contributed by atoms with van der Waals surface area (Å²) in [4.78, 5) is 23.3. The van der Waals surface area contributed by atoms with Crippen molar-refractivity contribution in [2.24, 2.45) is 0 Å². The van der Waals surface area contributed by atoms with Crippen LogP contribution in [0.3, 0.4) is 0 Å². The first kappa shape index (κ1) is 24.2. The van der Waals surface area contributed by atoms with Crippen molar-refractivity contribution >= 4 is 35.0 Å². The minimum absolute atomic E-state index is 0.0118. The number of halogens is 2. The minimum atomic E-state index is -1.67. The van der Waals surface area contributed by atoms with E-state index in [1.165, 1.54) is 0 Å². The summed E-state index contributed by atoms with van der Waals surface area (Å²) in [6, 6.07) is 15.5. The molecule has 0 saturated carbocycles. The van der Waals surface area contributed by atoms with Gasteiger partial charge in [0.25, 0.3) is 5.78 Å². The SMILES string of the molecule is COc1ccc(COc2c(Cl)cc(C(=O)C(=O)O)c(Cl)c2OCc2ccc(OC)cc2)cc1. The zero-order valence-electron chi connectivity index (χ0n) is 17.8. The van der Waals surface area contributed by atoms with E-state index in [2.05, 4.69) is 0 Å². The van der Waals surface area contributed by atoms with Gasteiger partial charge in [-0.1, -0.05) is 47.5 Å². The molecule has 0 aliphatic heterocycles. The summed E-state index contributed by atoms with van der Waals surface area (Å²) in [5.41, 5.74) is 1.30. The molecule has 3 aromatic carbocycles. The lowest BCUT2D eigenvalue weighted by Gasteiger charge is -2.18. The summed E-state index contributed by atoms with van der Waals surface area (Å²) >= 11 is 12.7. The molecule has 3 rings (SSSR count). The summed E-state index contributed by atoms with van der Waals surface area (Å²) in [5.74, 6) is -1.44. The van der Waals surface area contributed by atoms with Crippen LogP contribution in [0, 0.1) is 0 Å². The molecule has 0 spiro atoms. The number of benzene rings is 3. The minimum Gasteiger partial charge on any atom is -0.497 e. The van der Waals surface area contributed by atoms with Crippen molar-refractivity contribution in [1.29, 1.82) is 0 Å². The quantitative estimate of drug-likeness (QED) is 0.299. The fourth-order valence-electron chi connectivity index (χ4n) is 2.88. The van der Waals surface area contributed by atoms with Crippen molar-refractivity contribution in [3.8, 4) is 23.0 Å². The van der Waals surface area contributed by atoms with Gasteiger partial charge >= 0.3 is 5.97 Å². The Bertz CT molecular complexity index is 1140. The largest absolute Gasteiger partial charge is 0.497 e. The zero-order valence-corrected chi connectivity index (χ0v) is 19.3. The highest BCUT2D eigenvalue weighted by Crippen LogP contribution is 2.44. The Labute approximate surface area is 200 Å². The Morgan fingerprint density at radius 3 is 1.67 bits per heavy atom. The van der Waals surface area contributed by atoms with Crippen LogP contribution in [0.4, 0.5) is 0 Å². The second-order valence-electron chi connectivity index (χ2n) is 6.79. The Morgan fingerprint density at radius 2 is 1.24 bits per heavy atom. The van der Waals surface area contributed by atoms with Gasteiger partial charge in [-0.3, -0.25) is 4.79 Å². The van der Waals surface area contributed by atoms with Gasteiger partial charge in [0.2, 0.25) is 0 Å². The fourth-order valence-corrected chi connectivity index (χ4v) is 3.41. The van der Waals surface area contributed by atoms with Gasteiger partial charge < -0.3 is 24.1 Å². The van der Waals surface area contributed by atoms with Crippen LogP contribution in [-0.4, -0.2) is 31.1 Å². The maximum atomic E-state index is 12.1. The van der Waals surface area contributed by atoms with E-state index >= 15 is 0 Å². The first-order valence-electron chi connectivity index (χ1n) is 9.65. The lowest BCUT2D eigenvalue weighted by atomic mass is 10.1. The Balaban J connectivity index is 1.92. The Kier molecular flexibility index (Phi) is 8.03. The molecule has 0 aromatic heterocycles. The number of Topliss-reactive ketones (excluding diaryl/α,β-unsaturated/α-hetero) is 1. The fraction of sp³-hybridized carbons (Fsp3) is 0.167. The average molecular weight is 491 g/mol. The molecule has 9 heteroatoms. The third kappa shape index (κ3) is 5.88. The number of methoxy groups -OCH3 is 2. The molecule has 3 aromatic rings. The monoisotopic (exact) mass is 490 g/mol. The van der Waals surface area contributed by atoms with E-state index in [0.717, 1.165) is 17.2 Å². The molecular formula is C24H20Cl2O7. The molecule has 0 amide bonds. The van der Waals surface area contributed by atoms with Crippen LogP contribution >= 0.6 is 23.2 Å². The number of aliphatic carboxylic acids is 1. The summed E-state index contributed by atoms with van der Waals surface area (Å²) < 4.78 is 22.0. The number of carbonyl (C=O) groups is 2. The van der Waals surface area contributed by atoms with Gasteiger partial charge in [0.15, 0.2) is 11.5 Å². The summed E-state index contributed by atoms with van der Waals surface area (Å²) in [6.45, 7) is 0.175. The number of ketones is 1. The van der Waals surface area contributed by atoms with Crippen molar-refractivity contribution < 1.29 is 33.6 Å². The van der Waals surface area contributed by atoms with Gasteiger partial charge in [0.05, 0.1) is 29.8 Å². The van der Waals surface area contributed by atoms with Crippen molar-refractivity contribution in [2.75, 3.05) is 14.2 Å². The third-order valence-electron chi connectivity index (χ3n) is 4.65. The molecule has 0 atom stereocenters. The van der Waals surface area contributed by atoms with Crippen LogP contribution in [0.2, 0.25) is 10.0 Å². The first-order chi connectivity index (χ1) is 15.8. The first-order valence-corrected chi connectivity index (χ1v) is 10.4. The van der Waals surface area contributed by atoms with Crippen LogP contribution in [0.1, 0.15) is 21.5 Å². The van der Waals surface area contributed by atoms with E-state index < -0.39 is 11.8 Å². The molecule has 172 valence electrons. The normalized spacial score (nSPS) is 10.4. The second kappa shape index (κ2) is 10.9. The predicted octanol–water partition coefficient (Wildman–Crippen LogP) is 5.44. The molecule has 0 fully saturated rings. The van der Waals surface area contributed by atoms with Crippen molar-refractivity contribution in [2.45, 2.75) is 13.2 Å². The second-order valence-corrected chi connectivity index (χ2v) is 7.57. The molecule has 0 saturated heterocycles. The highest BCUT2D eigenvalue weighted by molar-refractivity contribution is 6.46. The van der Waals surface area contributed by atoms with Crippen molar-refractivity contribution in [3.63, 3.8) is 0 Å². The number of carboxylic acids is 1. The van der Waals surface area contributed by atoms with E-state index in [4.69, 9.17) is 47.3 Å². The van der Waals surface area contributed by atoms with Crippen LogP contribution in [0.25, 0.3) is 0 Å². The number of hydrogen-bond donors (Lipinski definition) is 1. The van der Waals surface area contributed by atoms with Gasteiger partial charge in [-0.2, -0.15) is 0 Å². The van der Waals surface area contributed by atoms with E-state index in [0.29, 0.717) is 11.5 Å². The van der Waals surface area contributed by atoms with Crippen LogP contribution in [0.15, 0.2) is 54.6 Å². The predicted molar refractivity (Wildman–Crippen MR) is 123 cm³/mol. The van der Waals surface area contributed by atoms with Gasteiger partial charge in [0, 0.05) is 0 Å². The smallest absolute Gasteiger partial charge is 0.377 e. The molecule has 0 radical (unpaired) electrons. The maximum absolute atomic E-state index is 12.1. The highest BCUT2D eigenvalue weighted by atomic mass is 35.5. The molecule has 7 nitrogen and oxygen atoms in total. The number of carboxylic acid groups (broad SMARTS) is 1. The van der Waals surface area contributed by atoms with E-state index in [-0.39, 0.29) is 40.3 Å². The number of hydrogen-bond acceptors (Lipinski definition) is 6. The summed E-state index contributed by atoms with van der Waals surface area (Å²) in [5, 5.41) is 8.90. The molecule has 0 aliphatic carbocycles. The molecule has 1 N–H and O–H groups in total. The van der Waals surface area contributed by atoms with Gasteiger partial charge in [-0.05, 0) is 41.5 Å². The maximum Gasteiger partial charge on any atom is 0.377 e. The molecule has 0 heterocycles. The van der Waals surface area contributed by atoms with Gasteiger partial charge in [0.1, 0.15) is 24.7 Å². The van der Waals surface area contributed by atoms with Crippen LogP contribution < -0.4 is 18.9 Å². The van der Waals surface area contributed by atoms with Crippen molar-refractivity contribution in [3.05, 3.63) is 81.3 Å². The Hall–Kier alpha value is -3.42. The lowest BCUT2D eigenvalue weighted by Crippen LogP contribution is -2.14. The average Bonchev–Trinajstić information content (AvgIpc) is 2.83. The topological polar surface area (TPSA) is 91.3 Å². The molecule has 33 heavy (non-hydrogen) atoms. The van der Waals surface area contributed by atoms with E-state index in [1.54, 1.807) is 50.6 Å². The molecule has 0 bridgehead atoms. The highest BCUT2D eigenvalue weighted by Gasteiger charge is 2.26. The van der Waals surface area contributed by atoms with Gasteiger partial charge in [-0.15, -0.1) is 0 Å². The van der Waals surface area contributed by atoms with Gasteiger partial charge in [-0.25, -0.2) is 4.79 Å². The molecule has 0 unspecified atom stereocenters. The zero-order chi connectivity index (χ0) is 24.0. The van der Waals surface area contributed by atoms with Crippen LogP contribution in [0.5, 0.6) is 23.0 Å².